The van der Waals surface area contributed by atoms with Crippen molar-refractivity contribution in [2.45, 2.75) is 25.4 Å². The Labute approximate surface area is 119 Å². The second kappa shape index (κ2) is 6.20. The molecule has 1 N–H and O–H groups in total. The van der Waals surface area contributed by atoms with Crippen molar-refractivity contribution in [1.82, 2.24) is 10.3 Å². The van der Waals surface area contributed by atoms with Crippen LogP contribution in [0.5, 0.6) is 5.88 Å². The van der Waals surface area contributed by atoms with Gasteiger partial charge in [0, 0.05) is 31.1 Å². The van der Waals surface area contributed by atoms with Crippen molar-refractivity contribution in [3.63, 3.8) is 0 Å². The van der Waals surface area contributed by atoms with Crippen molar-refractivity contribution in [2.24, 2.45) is 0 Å². The molecule has 0 spiro atoms. The van der Waals surface area contributed by atoms with E-state index in [0.29, 0.717) is 25.1 Å². The molecule has 4 nitrogen and oxygen atoms in total. The normalized spacial score (nSPS) is 14.7. The summed E-state index contributed by atoms with van der Waals surface area (Å²) in [4.78, 5) is 4.54. The number of ether oxygens (including phenoxy) is 2. The van der Waals surface area contributed by atoms with E-state index in [9.17, 15) is 0 Å². The maximum absolute atomic E-state index is 5.65. The van der Waals surface area contributed by atoms with Gasteiger partial charge in [0.2, 0.25) is 5.88 Å². The number of benzene rings is 1. The number of para-hydroxylation sites is 1. The zero-order chi connectivity index (χ0) is 13.8. The van der Waals surface area contributed by atoms with Gasteiger partial charge in [-0.3, -0.25) is 0 Å². The van der Waals surface area contributed by atoms with Crippen molar-refractivity contribution < 1.29 is 9.47 Å². The molecule has 1 aromatic carbocycles. The van der Waals surface area contributed by atoms with Crippen molar-refractivity contribution in [3.8, 4) is 5.88 Å². The number of pyridine rings is 1. The number of hydrogen-bond acceptors (Lipinski definition) is 4. The lowest BCUT2D eigenvalue weighted by Crippen LogP contribution is -2.16. The van der Waals surface area contributed by atoms with Gasteiger partial charge in [0.05, 0.1) is 12.1 Å². The Hall–Kier alpha value is -1.65. The molecule has 0 radical (unpaired) electrons. The van der Waals surface area contributed by atoms with E-state index in [4.69, 9.17) is 9.47 Å². The Balaban J connectivity index is 1.83. The Kier molecular flexibility index (Phi) is 4.14. The number of fused-ring (bicyclic) bond motifs is 1. The van der Waals surface area contributed by atoms with Gasteiger partial charge >= 0.3 is 0 Å². The molecule has 3 rings (SSSR count). The van der Waals surface area contributed by atoms with Crippen LogP contribution in [-0.2, 0) is 11.3 Å². The predicted octanol–water partition coefficient (Wildman–Crippen LogP) is 2.51. The first-order valence-electron chi connectivity index (χ1n) is 7.10. The molecule has 1 heterocycles. The fourth-order valence-corrected chi connectivity index (χ4v) is 2.21. The number of rotatable bonds is 7. The van der Waals surface area contributed by atoms with Crippen LogP contribution in [0.25, 0.3) is 10.9 Å². The predicted molar refractivity (Wildman–Crippen MR) is 79.0 cm³/mol. The zero-order valence-electron chi connectivity index (χ0n) is 11.8. The molecule has 0 aliphatic heterocycles. The molecule has 0 atom stereocenters. The summed E-state index contributed by atoms with van der Waals surface area (Å²) >= 11 is 0. The van der Waals surface area contributed by atoms with Crippen molar-refractivity contribution >= 4 is 10.9 Å². The van der Waals surface area contributed by atoms with Crippen LogP contribution in [0, 0.1) is 0 Å². The fraction of sp³-hybridized carbons (Fsp3) is 0.438. The van der Waals surface area contributed by atoms with Gasteiger partial charge < -0.3 is 14.8 Å². The van der Waals surface area contributed by atoms with E-state index >= 15 is 0 Å². The maximum atomic E-state index is 5.65. The number of aromatic nitrogens is 1. The van der Waals surface area contributed by atoms with Crippen LogP contribution >= 0.6 is 0 Å². The summed E-state index contributed by atoms with van der Waals surface area (Å²) in [6.45, 7) is 1.97. The first kappa shape index (κ1) is 13.3. The fourth-order valence-electron chi connectivity index (χ4n) is 2.21. The SMILES string of the molecule is COCCOc1cc(CNC2CC2)c2ccccc2n1. The van der Waals surface area contributed by atoms with Crippen LogP contribution in [0.15, 0.2) is 30.3 Å². The molecule has 106 valence electrons. The zero-order valence-corrected chi connectivity index (χ0v) is 11.8. The summed E-state index contributed by atoms with van der Waals surface area (Å²) in [6, 6.07) is 10.9. The molecule has 0 bridgehead atoms. The van der Waals surface area contributed by atoms with E-state index in [1.807, 2.05) is 18.2 Å². The summed E-state index contributed by atoms with van der Waals surface area (Å²) in [6.07, 6.45) is 2.58. The number of methoxy groups -OCH3 is 1. The highest BCUT2D eigenvalue weighted by molar-refractivity contribution is 5.82. The van der Waals surface area contributed by atoms with E-state index in [1.165, 1.54) is 23.8 Å². The topological polar surface area (TPSA) is 43.4 Å². The van der Waals surface area contributed by atoms with E-state index in [0.717, 1.165) is 12.1 Å². The number of hydrogen-bond donors (Lipinski definition) is 1. The van der Waals surface area contributed by atoms with Crippen LogP contribution in [0.2, 0.25) is 0 Å². The molecule has 1 fully saturated rings. The van der Waals surface area contributed by atoms with Gasteiger partial charge in [0.1, 0.15) is 6.61 Å². The molecular weight excluding hydrogens is 252 g/mol. The van der Waals surface area contributed by atoms with Gasteiger partial charge in [-0.05, 0) is 24.5 Å². The third-order valence-corrected chi connectivity index (χ3v) is 3.47. The summed E-state index contributed by atoms with van der Waals surface area (Å²) < 4.78 is 10.7. The van der Waals surface area contributed by atoms with Crippen LogP contribution in [0.1, 0.15) is 18.4 Å². The summed E-state index contributed by atoms with van der Waals surface area (Å²) in [7, 11) is 1.67. The van der Waals surface area contributed by atoms with Gasteiger partial charge in [-0.1, -0.05) is 18.2 Å². The lowest BCUT2D eigenvalue weighted by Gasteiger charge is -2.11. The average molecular weight is 272 g/mol. The van der Waals surface area contributed by atoms with Gasteiger partial charge in [-0.2, -0.15) is 0 Å². The highest BCUT2D eigenvalue weighted by atomic mass is 16.5. The quantitative estimate of drug-likeness (QED) is 0.787. The first-order valence-corrected chi connectivity index (χ1v) is 7.10. The van der Waals surface area contributed by atoms with Crippen LogP contribution in [0.3, 0.4) is 0 Å². The second-order valence-electron chi connectivity index (χ2n) is 5.13. The van der Waals surface area contributed by atoms with Crippen molar-refractivity contribution in [2.75, 3.05) is 20.3 Å². The molecule has 2 aromatic rings. The Morgan fingerprint density at radius 3 is 2.90 bits per heavy atom. The van der Waals surface area contributed by atoms with E-state index in [1.54, 1.807) is 7.11 Å². The molecule has 1 aromatic heterocycles. The Morgan fingerprint density at radius 2 is 2.10 bits per heavy atom. The Bertz CT molecular complexity index is 582. The molecule has 0 amide bonds. The third kappa shape index (κ3) is 3.26. The van der Waals surface area contributed by atoms with Crippen LogP contribution in [-0.4, -0.2) is 31.3 Å². The molecule has 0 unspecified atom stereocenters. The molecule has 1 aliphatic carbocycles. The number of nitrogens with one attached hydrogen (secondary N) is 1. The molecule has 1 saturated carbocycles. The molecule has 20 heavy (non-hydrogen) atoms. The van der Waals surface area contributed by atoms with Crippen LogP contribution < -0.4 is 10.1 Å². The van der Waals surface area contributed by atoms with Gasteiger partial charge in [0.25, 0.3) is 0 Å². The van der Waals surface area contributed by atoms with Gasteiger partial charge in [0.15, 0.2) is 0 Å². The lowest BCUT2D eigenvalue weighted by atomic mass is 10.1. The Morgan fingerprint density at radius 1 is 1.25 bits per heavy atom. The van der Waals surface area contributed by atoms with Crippen molar-refractivity contribution in [3.05, 3.63) is 35.9 Å². The van der Waals surface area contributed by atoms with Crippen LogP contribution in [0.4, 0.5) is 0 Å². The van der Waals surface area contributed by atoms with E-state index in [2.05, 4.69) is 22.4 Å². The molecule has 0 saturated heterocycles. The monoisotopic (exact) mass is 272 g/mol. The lowest BCUT2D eigenvalue weighted by molar-refractivity contribution is 0.144. The summed E-state index contributed by atoms with van der Waals surface area (Å²) in [5, 5.41) is 4.75. The third-order valence-electron chi connectivity index (χ3n) is 3.47. The largest absolute Gasteiger partial charge is 0.475 e. The highest BCUT2D eigenvalue weighted by Crippen LogP contribution is 2.24. The minimum absolute atomic E-state index is 0.525. The number of nitrogens with zero attached hydrogens (tertiary/aromatic N) is 1. The molecule has 4 heteroatoms. The average Bonchev–Trinajstić information content (AvgIpc) is 3.29. The summed E-state index contributed by atoms with van der Waals surface area (Å²) in [5.74, 6) is 0.674. The van der Waals surface area contributed by atoms with Gasteiger partial charge in [-0.15, -0.1) is 0 Å². The van der Waals surface area contributed by atoms with Crippen molar-refractivity contribution in [1.29, 1.82) is 0 Å². The highest BCUT2D eigenvalue weighted by Gasteiger charge is 2.20. The van der Waals surface area contributed by atoms with E-state index in [-0.39, 0.29) is 0 Å². The first-order chi connectivity index (χ1) is 9.86. The standard InChI is InChI=1S/C16H20N2O2/c1-19-8-9-20-16-10-12(11-17-13-6-7-13)14-4-2-3-5-15(14)18-16/h2-5,10,13,17H,6-9,11H2,1H3. The van der Waals surface area contributed by atoms with Gasteiger partial charge in [-0.25, -0.2) is 4.98 Å². The molecular formula is C16H20N2O2. The minimum Gasteiger partial charge on any atom is -0.475 e. The summed E-state index contributed by atoms with van der Waals surface area (Å²) in [5.41, 5.74) is 2.23. The molecule has 1 aliphatic rings. The smallest absolute Gasteiger partial charge is 0.214 e. The second-order valence-corrected chi connectivity index (χ2v) is 5.13. The maximum Gasteiger partial charge on any atom is 0.214 e. The minimum atomic E-state index is 0.525. The van der Waals surface area contributed by atoms with E-state index < -0.39 is 0 Å².